The van der Waals surface area contributed by atoms with E-state index >= 15 is 0 Å². The van der Waals surface area contributed by atoms with Gasteiger partial charge in [-0.2, -0.15) is 5.26 Å². The molecule has 0 N–H and O–H groups in total. The molecule has 0 heterocycles. The van der Waals surface area contributed by atoms with Crippen molar-refractivity contribution in [1.82, 2.24) is 0 Å². The van der Waals surface area contributed by atoms with Gasteiger partial charge in [-0.05, 0) is 30.7 Å². The molecule has 0 fully saturated rings. The zero-order chi connectivity index (χ0) is 11.3. The maximum atomic E-state index is 11.9. The Morgan fingerprint density at radius 1 is 1.27 bits per heavy atom. The summed E-state index contributed by atoms with van der Waals surface area (Å²) in [6.07, 6.45) is 0.00232. The quantitative estimate of drug-likeness (QED) is 0.786. The average molecular weight is 227 g/mol. The second-order valence-electron chi connectivity index (χ2n) is 3.00. The largest absolute Gasteiger partial charge is 0.251 e. The molecule has 15 heavy (non-hydrogen) atoms. The van der Waals surface area contributed by atoms with Crippen LogP contribution in [0.25, 0.3) is 0 Å². The first-order valence-electron chi connectivity index (χ1n) is 4.39. The number of hydrogen-bond acceptors (Lipinski definition) is 3. The van der Waals surface area contributed by atoms with E-state index < -0.39 is 16.5 Å². The molecule has 0 unspecified atom stereocenters. The van der Waals surface area contributed by atoms with Gasteiger partial charge in [0.2, 0.25) is 0 Å². The molecule has 0 aromatic heterocycles. The highest BCUT2D eigenvalue weighted by atomic mass is 32.2. The Kier molecular flexibility index (Phi) is 3.81. The molecule has 0 bridgehead atoms. The molecule has 0 saturated heterocycles. The van der Waals surface area contributed by atoms with Gasteiger partial charge >= 0.3 is 0 Å². The summed E-state index contributed by atoms with van der Waals surface area (Å²) in [7, 11) is -3.40. The predicted octanol–water partition coefficient (Wildman–Crippen LogP) is 1.69. The minimum Gasteiger partial charge on any atom is -0.251 e. The first kappa shape index (κ1) is 11.7. The summed E-state index contributed by atoms with van der Waals surface area (Å²) in [5.41, 5.74) is 0.402. The number of hydrogen-bond donors (Lipinski definition) is 0. The highest BCUT2D eigenvalue weighted by Gasteiger charge is 2.13. The van der Waals surface area contributed by atoms with E-state index in [4.69, 9.17) is 5.26 Å². The number of nitriles is 1. The zero-order valence-corrected chi connectivity index (χ0v) is 8.80. The van der Waals surface area contributed by atoms with Gasteiger partial charge in [0, 0.05) is 0 Å². The molecule has 0 aliphatic carbocycles. The van der Waals surface area contributed by atoms with Gasteiger partial charge in [-0.1, -0.05) is 0 Å². The summed E-state index contributed by atoms with van der Waals surface area (Å²) in [6.45, 7) is -0.643. The molecule has 3 nitrogen and oxygen atoms in total. The van der Waals surface area contributed by atoms with Crippen molar-refractivity contribution < 1.29 is 12.8 Å². The Morgan fingerprint density at radius 3 is 2.33 bits per heavy atom. The van der Waals surface area contributed by atoms with Crippen LogP contribution in [0.4, 0.5) is 4.39 Å². The normalized spacial score (nSPS) is 10.9. The highest BCUT2D eigenvalue weighted by Crippen LogP contribution is 2.12. The molecule has 0 aliphatic heterocycles. The van der Waals surface area contributed by atoms with E-state index in [1.807, 2.05) is 6.07 Å². The van der Waals surface area contributed by atoms with Crippen LogP contribution in [0.1, 0.15) is 12.0 Å². The maximum Gasteiger partial charge on any atom is 0.178 e. The van der Waals surface area contributed by atoms with Gasteiger partial charge in [-0.3, -0.25) is 4.39 Å². The summed E-state index contributed by atoms with van der Waals surface area (Å²) in [6, 6.07) is 7.49. The van der Waals surface area contributed by atoms with Crippen LogP contribution < -0.4 is 0 Å². The number of rotatable bonds is 4. The zero-order valence-electron chi connectivity index (χ0n) is 7.98. The first-order chi connectivity index (χ1) is 7.10. The molecule has 1 rings (SSSR count). The minimum absolute atomic E-state index is 0.00232. The van der Waals surface area contributed by atoms with E-state index in [0.717, 1.165) is 0 Å². The number of halogens is 1. The number of benzene rings is 1. The fourth-order valence-corrected chi connectivity index (χ4v) is 2.37. The fourth-order valence-electron chi connectivity index (χ4n) is 1.10. The van der Waals surface area contributed by atoms with Crippen molar-refractivity contribution in [3.05, 3.63) is 29.8 Å². The van der Waals surface area contributed by atoms with Crippen LogP contribution in [0, 0.1) is 11.3 Å². The minimum atomic E-state index is -3.40. The van der Waals surface area contributed by atoms with Crippen molar-refractivity contribution in [3.63, 3.8) is 0 Å². The molecule has 80 valence electrons. The molecule has 5 heteroatoms. The molecular formula is C10H10FNO2S. The lowest BCUT2D eigenvalue weighted by Gasteiger charge is -2.02. The molecule has 0 radical (unpaired) electrons. The lowest BCUT2D eigenvalue weighted by atomic mass is 10.2. The third-order valence-electron chi connectivity index (χ3n) is 1.89. The van der Waals surface area contributed by atoms with Crippen LogP contribution in [-0.4, -0.2) is 20.8 Å². The predicted molar refractivity (Wildman–Crippen MR) is 53.8 cm³/mol. The Labute approximate surface area is 88.1 Å². The third kappa shape index (κ3) is 3.03. The molecule has 1 aromatic rings. The fraction of sp³-hybridized carbons (Fsp3) is 0.300. The lowest BCUT2D eigenvalue weighted by Crippen LogP contribution is -2.07. The second-order valence-corrected chi connectivity index (χ2v) is 5.11. The van der Waals surface area contributed by atoms with Gasteiger partial charge in [0.15, 0.2) is 9.84 Å². The van der Waals surface area contributed by atoms with Crippen LogP contribution in [0.3, 0.4) is 0 Å². The maximum absolute atomic E-state index is 11.9. The van der Waals surface area contributed by atoms with Crippen LogP contribution in [0.15, 0.2) is 29.2 Å². The molecule has 0 aliphatic rings. The van der Waals surface area contributed by atoms with Gasteiger partial charge in [0.1, 0.15) is 0 Å². The Balaban J connectivity index is 2.92. The number of sulfone groups is 1. The van der Waals surface area contributed by atoms with Crippen molar-refractivity contribution in [2.45, 2.75) is 11.3 Å². The molecule has 0 saturated carbocycles. The van der Waals surface area contributed by atoms with Gasteiger partial charge in [-0.15, -0.1) is 0 Å². The van der Waals surface area contributed by atoms with Crippen molar-refractivity contribution in [2.24, 2.45) is 0 Å². The van der Waals surface area contributed by atoms with Crippen LogP contribution in [0.5, 0.6) is 0 Å². The Hall–Kier alpha value is -1.41. The summed E-state index contributed by atoms with van der Waals surface area (Å²) in [5.74, 6) is -0.199. The monoisotopic (exact) mass is 227 g/mol. The second kappa shape index (κ2) is 4.89. The van der Waals surface area contributed by atoms with E-state index in [9.17, 15) is 12.8 Å². The Bertz CT molecular complexity index is 459. The van der Waals surface area contributed by atoms with Crippen molar-refractivity contribution in [2.75, 3.05) is 12.4 Å². The number of alkyl halides is 1. The highest BCUT2D eigenvalue weighted by molar-refractivity contribution is 7.91. The molecule has 1 aromatic carbocycles. The van der Waals surface area contributed by atoms with Crippen LogP contribution in [-0.2, 0) is 9.84 Å². The Morgan fingerprint density at radius 2 is 1.87 bits per heavy atom. The molecular weight excluding hydrogens is 217 g/mol. The summed E-state index contributed by atoms with van der Waals surface area (Å²) >= 11 is 0. The average Bonchev–Trinajstić information content (AvgIpc) is 2.26. The smallest absolute Gasteiger partial charge is 0.178 e. The molecule has 0 spiro atoms. The van der Waals surface area contributed by atoms with Crippen molar-refractivity contribution >= 4 is 9.84 Å². The van der Waals surface area contributed by atoms with Gasteiger partial charge in [0.05, 0.1) is 29.0 Å². The van der Waals surface area contributed by atoms with Gasteiger partial charge in [-0.25, -0.2) is 8.42 Å². The van der Waals surface area contributed by atoms with Crippen LogP contribution in [0.2, 0.25) is 0 Å². The molecule has 0 amide bonds. The lowest BCUT2D eigenvalue weighted by molar-refractivity contribution is 0.484. The van der Waals surface area contributed by atoms with Crippen molar-refractivity contribution in [3.8, 4) is 6.07 Å². The SMILES string of the molecule is N#Cc1ccc(S(=O)(=O)CCCF)cc1. The first-order valence-corrected chi connectivity index (χ1v) is 6.04. The van der Waals surface area contributed by atoms with Gasteiger partial charge in [0.25, 0.3) is 0 Å². The van der Waals surface area contributed by atoms with E-state index in [-0.39, 0.29) is 17.1 Å². The third-order valence-corrected chi connectivity index (χ3v) is 3.71. The van der Waals surface area contributed by atoms with E-state index in [0.29, 0.717) is 5.56 Å². The van der Waals surface area contributed by atoms with E-state index in [1.165, 1.54) is 24.3 Å². The van der Waals surface area contributed by atoms with Gasteiger partial charge < -0.3 is 0 Å². The van der Waals surface area contributed by atoms with Crippen molar-refractivity contribution in [1.29, 1.82) is 5.26 Å². The van der Waals surface area contributed by atoms with E-state index in [2.05, 4.69) is 0 Å². The van der Waals surface area contributed by atoms with Crippen LogP contribution >= 0.6 is 0 Å². The standard InChI is InChI=1S/C10H10FNO2S/c11-6-1-7-15(13,14)10-4-2-9(8-12)3-5-10/h2-5H,1,6-7H2. The number of nitrogens with zero attached hydrogens (tertiary/aromatic N) is 1. The summed E-state index contributed by atoms with van der Waals surface area (Å²) < 4.78 is 34.9. The molecule has 0 atom stereocenters. The summed E-state index contributed by atoms with van der Waals surface area (Å²) in [5, 5.41) is 8.52. The van der Waals surface area contributed by atoms with E-state index in [1.54, 1.807) is 0 Å². The topological polar surface area (TPSA) is 57.9 Å². The summed E-state index contributed by atoms with van der Waals surface area (Å²) in [4.78, 5) is 0.134.